The molecule has 0 aliphatic carbocycles. The Morgan fingerprint density at radius 2 is 2.47 bits per heavy atom. The second kappa shape index (κ2) is 6.12. The van der Waals surface area contributed by atoms with E-state index in [1.165, 1.54) is 6.42 Å². The van der Waals surface area contributed by atoms with Gasteiger partial charge in [-0.2, -0.15) is 0 Å². The number of nitrogens with one attached hydrogen (secondary N) is 1. The molecule has 0 aromatic carbocycles. The lowest BCUT2D eigenvalue weighted by molar-refractivity contribution is 0.0169. The Labute approximate surface area is 109 Å². The first-order chi connectivity index (χ1) is 8.27. The van der Waals surface area contributed by atoms with E-state index in [4.69, 9.17) is 4.74 Å². The number of pyridine rings is 1. The largest absolute Gasteiger partial charge is 0.376 e. The van der Waals surface area contributed by atoms with Gasteiger partial charge in [0.15, 0.2) is 0 Å². The smallest absolute Gasteiger partial charge is 0.254 e. The first-order valence-electron chi connectivity index (χ1n) is 5.77. The third-order valence-corrected chi connectivity index (χ3v) is 3.40. The van der Waals surface area contributed by atoms with Crippen molar-refractivity contribution in [1.82, 2.24) is 10.3 Å². The monoisotopic (exact) mass is 298 g/mol. The predicted molar refractivity (Wildman–Crippen MR) is 67.9 cm³/mol. The van der Waals surface area contributed by atoms with Crippen LogP contribution in [0.2, 0.25) is 0 Å². The number of carbonyl (C=O) groups is 1. The van der Waals surface area contributed by atoms with Gasteiger partial charge < -0.3 is 10.1 Å². The van der Waals surface area contributed by atoms with E-state index in [0.717, 1.165) is 19.4 Å². The minimum Gasteiger partial charge on any atom is -0.376 e. The maximum Gasteiger partial charge on any atom is 0.254 e. The Balaban J connectivity index is 1.87. The van der Waals surface area contributed by atoms with Crippen LogP contribution in [0.5, 0.6) is 0 Å². The topological polar surface area (TPSA) is 51.2 Å². The van der Waals surface area contributed by atoms with E-state index in [-0.39, 0.29) is 12.0 Å². The van der Waals surface area contributed by atoms with Crippen molar-refractivity contribution in [2.75, 3.05) is 13.2 Å². The fourth-order valence-corrected chi connectivity index (χ4v) is 2.26. The summed E-state index contributed by atoms with van der Waals surface area (Å²) in [6.45, 7) is 1.37. The Hall–Kier alpha value is -0.940. The normalized spacial score (nSPS) is 19.9. The second-order valence-corrected chi connectivity index (χ2v) is 4.79. The van der Waals surface area contributed by atoms with Crippen LogP contribution < -0.4 is 5.32 Å². The maximum atomic E-state index is 11.9. The number of hydrogen-bond acceptors (Lipinski definition) is 3. The van der Waals surface area contributed by atoms with E-state index in [0.29, 0.717) is 16.7 Å². The third kappa shape index (κ3) is 3.51. The molecule has 1 fully saturated rings. The van der Waals surface area contributed by atoms with E-state index >= 15 is 0 Å². The molecule has 0 radical (unpaired) electrons. The number of aromatic nitrogens is 1. The zero-order chi connectivity index (χ0) is 12.1. The molecule has 1 atom stereocenters. The standard InChI is InChI=1S/C12H15BrN2O2/c13-11-10(5-3-6-14-11)12(16)15-8-9-4-1-2-7-17-9/h3,5-6,9H,1-2,4,7-8H2,(H,15,16). The third-order valence-electron chi connectivity index (χ3n) is 2.77. The molecule has 1 saturated heterocycles. The molecule has 2 rings (SSSR count). The van der Waals surface area contributed by atoms with Crippen molar-refractivity contribution in [3.05, 3.63) is 28.5 Å². The minimum absolute atomic E-state index is 0.112. The molecule has 1 unspecified atom stereocenters. The molecule has 1 aliphatic rings. The Kier molecular flexibility index (Phi) is 4.50. The first-order valence-corrected chi connectivity index (χ1v) is 6.57. The summed E-state index contributed by atoms with van der Waals surface area (Å²) in [5.74, 6) is -0.112. The fourth-order valence-electron chi connectivity index (χ4n) is 1.83. The molecule has 0 bridgehead atoms. The van der Waals surface area contributed by atoms with E-state index in [1.54, 1.807) is 18.3 Å². The number of ether oxygens (including phenoxy) is 1. The molecule has 1 aliphatic heterocycles. The zero-order valence-corrected chi connectivity index (χ0v) is 11.1. The molecule has 4 nitrogen and oxygen atoms in total. The highest BCUT2D eigenvalue weighted by Gasteiger charge is 2.16. The summed E-state index contributed by atoms with van der Waals surface area (Å²) in [5, 5.41) is 2.88. The maximum absolute atomic E-state index is 11.9. The molecular weight excluding hydrogens is 284 g/mol. The molecule has 1 amide bonds. The van der Waals surface area contributed by atoms with Crippen molar-refractivity contribution in [1.29, 1.82) is 0 Å². The van der Waals surface area contributed by atoms with Crippen LogP contribution in [0.1, 0.15) is 29.6 Å². The number of nitrogens with zero attached hydrogens (tertiary/aromatic N) is 1. The average molecular weight is 299 g/mol. The number of carbonyl (C=O) groups excluding carboxylic acids is 1. The van der Waals surface area contributed by atoms with Crippen LogP contribution in [-0.2, 0) is 4.74 Å². The molecular formula is C12H15BrN2O2. The van der Waals surface area contributed by atoms with Crippen LogP contribution in [0.4, 0.5) is 0 Å². The van der Waals surface area contributed by atoms with Crippen molar-refractivity contribution >= 4 is 21.8 Å². The summed E-state index contributed by atoms with van der Waals surface area (Å²) in [5.41, 5.74) is 0.559. The molecule has 92 valence electrons. The minimum atomic E-state index is -0.112. The Bertz CT molecular complexity index is 392. The van der Waals surface area contributed by atoms with Crippen LogP contribution in [0, 0.1) is 0 Å². The molecule has 5 heteroatoms. The average Bonchev–Trinajstić information content (AvgIpc) is 2.38. The summed E-state index contributed by atoms with van der Waals surface area (Å²) in [6, 6.07) is 3.49. The highest BCUT2D eigenvalue weighted by Crippen LogP contribution is 2.14. The lowest BCUT2D eigenvalue weighted by atomic mass is 10.1. The van der Waals surface area contributed by atoms with Gasteiger partial charge in [0, 0.05) is 19.3 Å². The number of hydrogen-bond donors (Lipinski definition) is 1. The van der Waals surface area contributed by atoms with E-state index in [9.17, 15) is 4.79 Å². The highest BCUT2D eigenvalue weighted by molar-refractivity contribution is 9.10. The Morgan fingerprint density at radius 3 is 3.18 bits per heavy atom. The van der Waals surface area contributed by atoms with Gasteiger partial charge in [0.1, 0.15) is 4.60 Å². The van der Waals surface area contributed by atoms with E-state index < -0.39 is 0 Å². The van der Waals surface area contributed by atoms with Crippen LogP contribution in [0.3, 0.4) is 0 Å². The zero-order valence-electron chi connectivity index (χ0n) is 9.49. The lowest BCUT2D eigenvalue weighted by Crippen LogP contribution is -2.35. The van der Waals surface area contributed by atoms with E-state index in [1.807, 2.05) is 0 Å². The lowest BCUT2D eigenvalue weighted by Gasteiger charge is -2.22. The van der Waals surface area contributed by atoms with Gasteiger partial charge in [0.25, 0.3) is 5.91 Å². The van der Waals surface area contributed by atoms with Crippen molar-refractivity contribution in [3.63, 3.8) is 0 Å². The van der Waals surface area contributed by atoms with Crippen molar-refractivity contribution in [2.24, 2.45) is 0 Å². The van der Waals surface area contributed by atoms with Crippen LogP contribution >= 0.6 is 15.9 Å². The van der Waals surface area contributed by atoms with E-state index in [2.05, 4.69) is 26.2 Å². The van der Waals surface area contributed by atoms with Crippen molar-refractivity contribution in [2.45, 2.75) is 25.4 Å². The summed E-state index contributed by atoms with van der Waals surface area (Å²) in [4.78, 5) is 15.9. The molecule has 1 N–H and O–H groups in total. The van der Waals surface area contributed by atoms with Gasteiger partial charge >= 0.3 is 0 Å². The van der Waals surface area contributed by atoms with Gasteiger partial charge in [-0.3, -0.25) is 4.79 Å². The molecule has 1 aromatic heterocycles. The van der Waals surface area contributed by atoms with Crippen molar-refractivity contribution < 1.29 is 9.53 Å². The number of rotatable bonds is 3. The van der Waals surface area contributed by atoms with Gasteiger partial charge in [0.2, 0.25) is 0 Å². The SMILES string of the molecule is O=C(NCC1CCCCO1)c1cccnc1Br. The summed E-state index contributed by atoms with van der Waals surface area (Å²) in [6.07, 6.45) is 5.12. The van der Waals surface area contributed by atoms with Gasteiger partial charge in [-0.05, 0) is 47.3 Å². The first kappa shape index (κ1) is 12.5. The van der Waals surface area contributed by atoms with Gasteiger partial charge in [-0.1, -0.05) is 0 Å². The van der Waals surface area contributed by atoms with Crippen LogP contribution in [0.15, 0.2) is 22.9 Å². The van der Waals surface area contributed by atoms with Crippen LogP contribution in [-0.4, -0.2) is 30.1 Å². The highest BCUT2D eigenvalue weighted by atomic mass is 79.9. The van der Waals surface area contributed by atoms with Gasteiger partial charge in [0.05, 0.1) is 11.7 Å². The predicted octanol–water partition coefficient (Wildman–Crippen LogP) is 2.14. The van der Waals surface area contributed by atoms with Gasteiger partial charge in [-0.25, -0.2) is 4.98 Å². The molecule has 0 saturated carbocycles. The second-order valence-electron chi connectivity index (χ2n) is 4.04. The quantitative estimate of drug-likeness (QED) is 0.870. The number of halogens is 1. The number of amides is 1. The summed E-state index contributed by atoms with van der Waals surface area (Å²) < 4.78 is 6.12. The molecule has 1 aromatic rings. The van der Waals surface area contributed by atoms with Gasteiger partial charge in [-0.15, -0.1) is 0 Å². The summed E-state index contributed by atoms with van der Waals surface area (Å²) >= 11 is 3.26. The van der Waals surface area contributed by atoms with Crippen molar-refractivity contribution in [3.8, 4) is 0 Å². The summed E-state index contributed by atoms with van der Waals surface area (Å²) in [7, 11) is 0. The molecule has 0 spiro atoms. The fraction of sp³-hybridized carbons (Fsp3) is 0.500. The molecule has 2 heterocycles. The van der Waals surface area contributed by atoms with Crippen LogP contribution in [0.25, 0.3) is 0 Å². The molecule has 17 heavy (non-hydrogen) atoms. The Morgan fingerprint density at radius 1 is 1.59 bits per heavy atom.